The van der Waals surface area contributed by atoms with Crippen LogP contribution in [0.4, 0.5) is 5.13 Å². The van der Waals surface area contributed by atoms with Gasteiger partial charge < -0.3 is 10.1 Å². The van der Waals surface area contributed by atoms with Crippen LogP contribution in [0.2, 0.25) is 0 Å². The van der Waals surface area contributed by atoms with Gasteiger partial charge in [0.1, 0.15) is 5.56 Å². The number of rotatable bonds is 7. The predicted molar refractivity (Wildman–Crippen MR) is 98.7 cm³/mol. The van der Waals surface area contributed by atoms with Gasteiger partial charge in [-0.15, -0.1) is 15.3 Å². The first-order valence-corrected chi connectivity index (χ1v) is 10.00. The third-order valence-corrected chi connectivity index (χ3v) is 5.88. The lowest BCUT2D eigenvalue weighted by Gasteiger charge is -2.10. The van der Waals surface area contributed by atoms with Crippen molar-refractivity contribution in [2.75, 3.05) is 18.2 Å². The molecule has 2 heterocycles. The normalized spacial score (nSPS) is 14.4. The van der Waals surface area contributed by atoms with Crippen molar-refractivity contribution in [2.24, 2.45) is 7.05 Å². The molecule has 1 aliphatic carbocycles. The zero-order valence-electron chi connectivity index (χ0n) is 14.5. The summed E-state index contributed by atoms with van der Waals surface area (Å²) in [6.45, 7) is 0. The molecule has 1 aliphatic rings. The van der Waals surface area contributed by atoms with E-state index in [0.717, 1.165) is 12.8 Å². The van der Waals surface area contributed by atoms with Gasteiger partial charge in [-0.05, 0) is 12.8 Å². The standard InChI is InChI=1S/C15H20N6O3S2/c1-21-7-10(13(20-21)24-2)12(23)17-14-18-19-15(26-14)25-8-11(22)16-9-5-3-4-6-9/h7,9H,3-6,8H2,1-2H3,(H,16,22)(H,17,18,23). The number of hydrogen-bond donors (Lipinski definition) is 2. The Labute approximate surface area is 158 Å². The van der Waals surface area contributed by atoms with Crippen LogP contribution in [0.15, 0.2) is 10.5 Å². The summed E-state index contributed by atoms with van der Waals surface area (Å²) in [4.78, 5) is 24.2. The largest absolute Gasteiger partial charge is 0.479 e. The zero-order chi connectivity index (χ0) is 18.5. The average Bonchev–Trinajstić information content (AvgIpc) is 3.34. The Hall–Kier alpha value is -2.14. The number of aryl methyl sites for hydroxylation is 1. The number of amides is 2. The summed E-state index contributed by atoms with van der Waals surface area (Å²) < 4.78 is 7.20. The van der Waals surface area contributed by atoms with Crippen molar-refractivity contribution in [3.8, 4) is 5.88 Å². The van der Waals surface area contributed by atoms with E-state index in [2.05, 4.69) is 25.9 Å². The molecule has 2 aromatic heterocycles. The molecule has 0 aromatic carbocycles. The molecule has 140 valence electrons. The molecule has 0 bridgehead atoms. The van der Waals surface area contributed by atoms with E-state index < -0.39 is 0 Å². The minimum Gasteiger partial charge on any atom is -0.479 e. The van der Waals surface area contributed by atoms with Crippen molar-refractivity contribution in [2.45, 2.75) is 36.1 Å². The molecule has 0 radical (unpaired) electrons. The number of thioether (sulfide) groups is 1. The van der Waals surface area contributed by atoms with Crippen molar-refractivity contribution in [3.05, 3.63) is 11.8 Å². The van der Waals surface area contributed by atoms with Gasteiger partial charge in [0.2, 0.25) is 16.9 Å². The molecule has 2 aromatic rings. The third kappa shape index (κ3) is 4.73. The molecule has 2 N–H and O–H groups in total. The number of carbonyl (C=O) groups is 2. The molecule has 0 spiro atoms. The maximum Gasteiger partial charge on any atom is 0.264 e. The van der Waals surface area contributed by atoms with E-state index in [-0.39, 0.29) is 23.4 Å². The second-order valence-corrected chi connectivity index (χ2v) is 8.09. The Bertz CT molecular complexity index is 784. The number of hydrogen-bond acceptors (Lipinski definition) is 8. The molecule has 1 fully saturated rings. The number of nitrogens with one attached hydrogen (secondary N) is 2. The molecule has 0 atom stereocenters. The van der Waals surface area contributed by atoms with Crippen LogP contribution in [0.25, 0.3) is 0 Å². The lowest BCUT2D eigenvalue weighted by atomic mass is 10.2. The highest BCUT2D eigenvalue weighted by molar-refractivity contribution is 8.01. The Morgan fingerprint density at radius 3 is 2.88 bits per heavy atom. The molecule has 1 saturated carbocycles. The van der Waals surface area contributed by atoms with E-state index in [1.54, 1.807) is 13.2 Å². The van der Waals surface area contributed by atoms with Crippen molar-refractivity contribution in [1.29, 1.82) is 0 Å². The first-order valence-electron chi connectivity index (χ1n) is 8.20. The summed E-state index contributed by atoms with van der Waals surface area (Å²) in [5.74, 6) is 0.160. The first kappa shape index (κ1) is 18.6. The number of aromatic nitrogens is 4. The van der Waals surface area contributed by atoms with Gasteiger partial charge in [-0.3, -0.25) is 19.6 Å². The van der Waals surface area contributed by atoms with Gasteiger partial charge in [-0.1, -0.05) is 35.9 Å². The summed E-state index contributed by atoms with van der Waals surface area (Å²) in [6.07, 6.45) is 6.04. The second-order valence-electron chi connectivity index (χ2n) is 5.89. The van der Waals surface area contributed by atoms with Crippen LogP contribution in [0.3, 0.4) is 0 Å². The number of methoxy groups -OCH3 is 1. The molecule has 0 aliphatic heterocycles. The fraction of sp³-hybridized carbons (Fsp3) is 0.533. The Balaban J connectivity index is 1.51. The highest BCUT2D eigenvalue weighted by Gasteiger charge is 2.19. The molecule has 0 unspecified atom stereocenters. The number of ether oxygens (including phenoxy) is 1. The van der Waals surface area contributed by atoms with Crippen LogP contribution in [0, 0.1) is 0 Å². The van der Waals surface area contributed by atoms with Crippen molar-refractivity contribution in [1.82, 2.24) is 25.3 Å². The fourth-order valence-electron chi connectivity index (χ4n) is 2.72. The minimum absolute atomic E-state index is 0.00258. The number of nitrogens with zero attached hydrogens (tertiary/aromatic N) is 4. The van der Waals surface area contributed by atoms with E-state index in [4.69, 9.17) is 4.74 Å². The zero-order valence-corrected chi connectivity index (χ0v) is 16.2. The molecule has 0 saturated heterocycles. The minimum atomic E-state index is -0.373. The SMILES string of the molecule is COc1nn(C)cc1C(=O)Nc1nnc(SCC(=O)NC2CCCC2)s1. The Kier molecular flexibility index (Phi) is 6.09. The summed E-state index contributed by atoms with van der Waals surface area (Å²) >= 11 is 2.53. The summed E-state index contributed by atoms with van der Waals surface area (Å²) in [6, 6.07) is 0.307. The monoisotopic (exact) mass is 396 g/mol. The maximum absolute atomic E-state index is 12.3. The molecule has 9 nitrogen and oxygen atoms in total. The highest BCUT2D eigenvalue weighted by atomic mass is 32.2. The van der Waals surface area contributed by atoms with E-state index in [1.807, 2.05) is 0 Å². The lowest BCUT2D eigenvalue weighted by Crippen LogP contribution is -2.33. The summed E-state index contributed by atoms with van der Waals surface area (Å²) in [5, 5.41) is 18.0. The van der Waals surface area contributed by atoms with Gasteiger partial charge in [-0.25, -0.2) is 0 Å². The molecule has 3 rings (SSSR count). The van der Waals surface area contributed by atoms with E-state index in [9.17, 15) is 9.59 Å². The van der Waals surface area contributed by atoms with Crippen LogP contribution in [-0.2, 0) is 11.8 Å². The average molecular weight is 396 g/mol. The molecular weight excluding hydrogens is 376 g/mol. The highest BCUT2D eigenvalue weighted by Crippen LogP contribution is 2.26. The predicted octanol–water partition coefficient (Wildman–Crippen LogP) is 1.68. The molecule has 26 heavy (non-hydrogen) atoms. The van der Waals surface area contributed by atoms with Gasteiger partial charge in [0, 0.05) is 19.3 Å². The topological polar surface area (TPSA) is 111 Å². The number of carbonyl (C=O) groups excluding carboxylic acids is 2. The van der Waals surface area contributed by atoms with Crippen LogP contribution in [0.1, 0.15) is 36.0 Å². The summed E-state index contributed by atoms with van der Waals surface area (Å²) in [7, 11) is 3.16. The smallest absolute Gasteiger partial charge is 0.264 e. The van der Waals surface area contributed by atoms with E-state index in [1.165, 1.54) is 47.7 Å². The number of anilines is 1. The van der Waals surface area contributed by atoms with Crippen LogP contribution in [-0.4, -0.2) is 50.7 Å². The second kappa shape index (κ2) is 8.49. The molecule has 11 heteroatoms. The van der Waals surface area contributed by atoms with Crippen LogP contribution in [0.5, 0.6) is 5.88 Å². The summed E-state index contributed by atoms with van der Waals surface area (Å²) in [5.41, 5.74) is 0.315. The van der Waals surface area contributed by atoms with E-state index >= 15 is 0 Å². The van der Waals surface area contributed by atoms with Crippen molar-refractivity contribution >= 4 is 40.0 Å². The quantitative estimate of drug-likeness (QED) is 0.541. The first-order chi connectivity index (χ1) is 12.5. The molecule has 2 amide bonds. The fourth-order valence-corrected chi connectivity index (χ4v) is 4.28. The van der Waals surface area contributed by atoms with Gasteiger partial charge in [0.05, 0.1) is 12.9 Å². The van der Waals surface area contributed by atoms with Crippen molar-refractivity contribution < 1.29 is 14.3 Å². The van der Waals surface area contributed by atoms with Gasteiger partial charge in [0.25, 0.3) is 5.91 Å². The van der Waals surface area contributed by atoms with E-state index in [0.29, 0.717) is 21.1 Å². The third-order valence-electron chi connectivity index (χ3n) is 3.91. The molecular formula is C15H20N6O3S2. The Morgan fingerprint density at radius 2 is 2.15 bits per heavy atom. The van der Waals surface area contributed by atoms with Gasteiger partial charge >= 0.3 is 0 Å². The Morgan fingerprint density at radius 1 is 1.38 bits per heavy atom. The van der Waals surface area contributed by atoms with Gasteiger partial charge in [-0.2, -0.15) is 0 Å². The lowest BCUT2D eigenvalue weighted by molar-refractivity contribution is -0.119. The van der Waals surface area contributed by atoms with Crippen LogP contribution >= 0.6 is 23.1 Å². The van der Waals surface area contributed by atoms with Crippen LogP contribution < -0.4 is 15.4 Å². The van der Waals surface area contributed by atoms with Gasteiger partial charge in [0.15, 0.2) is 4.34 Å². The van der Waals surface area contributed by atoms with Crippen molar-refractivity contribution in [3.63, 3.8) is 0 Å². The maximum atomic E-state index is 12.3.